The molecule has 3 N–H and O–H groups in total. The highest BCUT2D eigenvalue weighted by Gasteiger charge is 2.13. The maximum atomic E-state index is 5.17. The summed E-state index contributed by atoms with van der Waals surface area (Å²) in [5.41, 5.74) is 1.45. The number of hydrogen-bond acceptors (Lipinski definition) is 6. The normalized spacial score (nSPS) is 12.6. The van der Waals surface area contributed by atoms with Crippen LogP contribution in [-0.2, 0) is 4.74 Å². The monoisotopic (exact) mass is 250 g/mol. The Morgan fingerprint density at radius 1 is 1.44 bits per heavy atom. The SMILES string of the molecule is CCC(COC)Nc1nc(NC)nc2nc[nH]c12. The number of methoxy groups -OCH3 is 1. The first kappa shape index (κ1) is 12.6. The Morgan fingerprint density at radius 2 is 2.28 bits per heavy atom. The summed E-state index contributed by atoms with van der Waals surface area (Å²) in [6.07, 6.45) is 2.56. The maximum absolute atomic E-state index is 5.17. The topological polar surface area (TPSA) is 87.8 Å². The van der Waals surface area contributed by atoms with Crippen LogP contribution in [0.2, 0.25) is 0 Å². The number of aromatic amines is 1. The second kappa shape index (κ2) is 5.63. The summed E-state index contributed by atoms with van der Waals surface area (Å²) in [6, 6.07) is 0.209. The van der Waals surface area contributed by atoms with Crippen molar-refractivity contribution in [2.75, 3.05) is 31.4 Å². The minimum atomic E-state index is 0.209. The highest BCUT2D eigenvalue weighted by molar-refractivity contribution is 5.83. The van der Waals surface area contributed by atoms with Crippen LogP contribution in [0.1, 0.15) is 13.3 Å². The van der Waals surface area contributed by atoms with Gasteiger partial charge in [-0.05, 0) is 6.42 Å². The number of fused-ring (bicyclic) bond motifs is 1. The van der Waals surface area contributed by atoms with Crippen LogP contribution < -0.4 is 10.6 Å². The van der Waals surface area contributed by atoms with E-state index in [1.54, 1.807) is 20.5 Å². The van der Waals surface area contributed by atoms with Crippen LogP contribution in [0.5, 0.6) is 0 Å². The number of rotatable bonds is 6. The first-order valence-corrected chi connectivity index (χ1v) is 5.92. The third-order valence-electron chi connectivity index (χ3n) is 2.71. The van der Waals surface area contributed by atoms with Crippen molar-refractivity contribution in [2.45, 2.75) is 19.4 Å². The van der Waals surface area contributed by atoms with E-state index in [4.69, 9.17) is 4.74 Å². The van der Waals surface area contributed by atoms with Gasteiger partial charge in [0.2, 0.25) is 5.95 Å². The van der Waals surface area contributed by atoms with E-state index in [1.165, 1.54) is 0 Å². The molecule has 2 aromatic rings. The molecule has 98 valence electrons. The largest absolute Gasteiger partial charge is 0.383 e. The third-order valence-corrected chi connectivity index (χ3v) is 2.71. The lowest BCUT2D eigenvalue weighted by atomic mass is 10.2. The van der Waals surface area contributed by atoms with Gasteiger partial charge >= 0.3 is 0 Å². The van der Waals surface area contributed by atoms with E-state index in [0.717, 1.165) is 17.8 Å². The Labute approximate surface area is 105 Å². The van der Waals surface area contributed by atoms with Crippen LogP contribution in [-0.4, -0.2) is 46.7 Å². The summed E-state index contributed by atoms with van der Waals surface area (Å²) in [7, 11) is 3.47. The van der Waals surface area contributed by atoms with Crippen LogP contribution in [0.25, 0.3) is 11.2 Å². The van der Waals surface area contributed by atoms with Crippen molar-refractivity contribution in [3.05, 3.63) is 6.33 Å². The maximum Gasteiger partial charge on any atom is 0.226 e. The first-order valence-electron chi connectivity index (χ1n) is 5.92. The summed E-state index contributed by atoms with van der Waals surface area (Å²) >= 11 is 0. The predicted molar refractivity (Wildman–Crippen MR) is 70.8 cm³/mol. The van der Waals surface area contributed by atoms with Crippen molar-refractivity contribution in [3.8, 4) is 0 Å². The van der Waals surface area contributed by atoms with E-state index < -0.39 is 0 Å². The molecule has 0 spiro atoms. The lowest BCUT2D eigenvalue weighted by Gasteiger charge is -2.17. The zero-order valence-corrected chi connectivity index (χ0v) is 10.8. The third kappa shape index (κ3) is 2.51. The van der Waals surface area contributed by atoms with Crippen molar-refractivity contribution < 1.29 is 4.74 Å². The summed E-state index contributed by atoms with van der Waals surface area (Å²) in [6.45, 7) is 2.73. The predicted octanol–water partition coefficient (Wildman–Crippen LogP) is 1.23. The van der Waals surface area contributed by atoms with Gasteiger partial charge in [0.25, 0.3) is 0 Å². The van der Waals surface area contributed by atoms with E-state index in [1.807, 2.05) is 0 Å². The molecule has 1 unspecified atom stereocenters. The van der Waals surface area contributed by atoms with Gasteiger partial charge in [0.15, 0.2) is 11.5 Å². The first-order chi connectivity index (χ1) is 8.78. The van der Waals surface area contributed by atoms with Gasteiger partial charge < -0.3 is 20.4 Å². The number of ether oxygens (including phenoxy) is 1. The zero-order chi connectivity index (χ0) is 13.0. The summed E-state index contributed by atoms with van der Waals surface area (Å²) < 4.78 is 5.17. The second-order valence-corrected chi connectivity index (χ2v) is 3.95. The molecule has 2 aromatic heterocycles. The molecule has 0 aliphatic heterocycles. The molecule has 0 saturated carbocycles. The quantitative estimate of drug-likeness (QED) is 0.714. The van der Waals surface area contributed by atoms with Gasteiger partial charge in [0.05, 0.1) is 19.0 Å². The Balaban J connectivity index is 2.32. The Hall–Kier alpha value is -1.89. The molecule has 18 heavy (non-hydrogen) atoms. The van der Waals surface area contributed by atoms with Gasteiger partial charge in [-0.2, -0.15) is 9.97 Å². The molecule has 7 heteroatoms. The zero-order valence-electron chi connectivity index (χ0n) is 10.8. The fourth-order valence-corrected chi connectivity index (χ4v) is 1.71. The molecule has 0 amide bonds. The minimum absolute atomic E-state index is 0.209. The van der Waals surface area contributed by atoms with Gasteiger partial charge in [-0.15, -0.1) is 0 Å². The Kier molecular flexibility index (Phi) is 3.93. The van der Waals surface area contributed by atoms with E-state index in [9.17, 15) is 0 Å². The number of H-pyrrole nitrogens is 1. The second-order valence-electron chi connectivity index (χ2n) is 3.95. The molecule has 0 fully saturated rings. The molecular formula is C11H18N6O. The molecular weight excluding hydrogens is 232 g/mol. The molecule has 1 atom stereocenters. The van der Waals surface area contributed by atoms with Gasteiger partial charge in [-0.3, -0.25) is 0 Å². The minimum Gasteiger partial charge on any atom is -0.383 e. The number of imidazole rings is 1. The van der Waals surface area contributed by atoms with Crippen molar-refractivity contribution in [1.29, 1.82) is 0 Å². The van der Waals surface area contributed by atoms with Crippen LogP contribution in [0.4, 0.5) is 11.8 Å². The lowest BCUT2D eigenvalue weighted by Crippen LogP contribution is -2.24. The van der Waals surface area contributed by atoms with Crippen LogP contribution in [0, 0.1) is 0 Å². The van der Waals surface area contributed by atoms with Crippen molar-refractivity contribution in [3.63, 3.8) is 0 Å². The standard InChI is InChI=1S/C11H18N6O/c1-4-7(5-18-3)15-10-8-9(14-6-13-8)16-11(12-2)17-10/h6-7H,4-5H2,1-3H3,(H3,12,13,14,15,16,17). The molecule has 0 bridgehead atoms. The number of hydrogen-bond donors (Lipinski definition) is 3. The molecule has 0 saturated heterocycles. The van der Waals surface area contributed by atoms with Gasteiger partial charge in [-0.1, -0.05) is 6.92 Å². The van der Waals surface area contributed by atoms with Crippen molar-refractivity contribution in [1.82, 2.24) is 19.9 Å². The number of anilines is 2. The summed E-state index contributed by atoms with van der Waals surface area (Å²) in [5.74, 6) is 1.29. The molecule has 0 aliphatic carbocycles. The van der Waals surface area contributed by atoms with E-state index in [2.05, 4.69) is 37.5 Å². The Bertz CT molecular complexity index is 511. The van der Waals surface area contributed by atoms with E-state index >= 15 is 0 Å². The van der Waals surface area contributed by atoms with Gasteiger partial charge in [0, 0.05) is 14.2 Å². The van der Waals surface area contributed by atoms with E-state index in [-0.39, 0.29) is 6.04 Å². The highest BCUT2D eigenvalue weighted by Crippen LogP contribution is 2.19. The average Bonchev–Trinajstić information content (AvgIpc) is 2.86. The highest BCUT2D eigenvalue weighted by atomic mass is 16.5. The summed E-state index contributed by atoms with van der Waals surface area (Å²) in [5, 5.41) is 6.27. The number of aromatic nitrogens is 4. The average molecular weight is 250 g/mol. The van der Waals surface area contributed by atoms with E-state index in [0.29, 0.717) is 18.2 Å². The van der Waals surface area contributed by atoms with Crippen LogP contribution >= 0.6 is 0 Å². The number of nitrogens with one attached hydrogen (secondary N) is 3. The fourth-order valence-electron chi connectivity index (χ4n) is 1.71. The van der Waals surface area contributed by atoms with Gasteiger partial charge in [0.1, 0.15) is 5.52 Å². The number of nitrogens with zero attached hydrogens (tertiary/aromatic N) is 3. The van der Waals surface area contributed by atoms with Crippen LogP contribution in [0.3, 0.4) is 0 Å². The lowest BCUT2D eigenvalue weighted by molar-refractivity contribution is 0.184. The van der Waals surface area contributed by atoms with Crippen molar-refractivity contribution in [2.24, 2.45) is 0 Å². The molecule has 2 heterocycles. The van der Waals surface area contributed by atoms with Crippen molar-refractivity contribution >= 4 is 22.9 Å². The molecule has 0 radical (unpaired) electrons. The van der Waals surface area contributed by atoms with Gasteiger partial charge in [-0.25, -0.2) is 4.98 Å². The molecule has 0 aromatic carbocycles. The molecule has 7 nitrogen and oxygen atoms in total. The molecule has 2 rings (SSSR count). The summed E-state index contributed by atoms with van der Waals surface area (Å²) in [4.78, 5) is 15.9. The fraction of sp³-hybridized carbons (Fsp3) is 0.545. The van der Waals surface area contributed by atoms with Crippen LogP contribution in [0.15, 0.2) is 6.33 Å². The smallest absolute Gasteiger partial charge is 0.226 e. The molecule has 0 aliphatic rings. The Morgan fingerprint density at radius 3 is 2.94 bits per heavy atom.